The van der Waals surface area contributed by atoms with Gasteiger partial charge in [-0.2, -0.15) is 0 Å². The maximum atomic E-state index is 5.82. The molecule has 2 N–H and O–H groups in total. The third kappa shape index (κ3) is 2.69. The van der Waals surface area contributed by atoms with E-state index in [0.717, 1.165) is 24.5 Å². The molecule has 1 heterocycles. The Labute approximate surface area is 92.3 Å². The Hall–Kier alpha value is -1.09. The number of nitrogens with zero attached hydrogens (tertiary/aromatic N) is 2. The predicted octanol–water partition coefficient (Wildman–Crippen LogP) is 2.26. The number of anilines is 1. The predicted molar refractivity (Wildman–Crippen MR) is 65.1 cm³/mol. The minimum Gasteiger partial charge on any atom is -0.357 e. The van der Waals surface area contributed by atoms with Gasteiger partial charge < -0.3 is 10.6 Å². The molecule has 0 aliphatic rings. The summed E-state index contributed by atoms with van der Waals surface area (Å²) >= 11 is 0. The van der Waals surface area contributed by atoms with E-state index >= 15 is 0 Å². The highest BCUT2D eigenvalue weighted by Crippen LogP contribution is 2.19. The zero-order valence-corrected chi connectivity index (χ0v) is 10.1. The number of rotatable bonds is 4. The molecule has 0 fully saturated rings. The summed E-state index contributed by atoms with van der Waals surface area (Å²) in [5.74, 6) is 1.07. The van der Waals surface area contributed by atoms with Crippen molar-refractivity contribution >= 4 is 5.82 Å². The van der Waals surface area contributed by atoms with Crippen molar-refractivity contribution in [2.45, 2.75) is 33.7 Å². The van der Waals surface area contributed by atoms with Gasteiger partial charge in [0.1, 0.15) is 5.82 Å². The topological polar surface area (TPSA) is 42.2 Å². The Balaban J connectivity index is 3.02. The van der Waals surface area contributed by atoms with E-state index in [-0.39, 0.29) is 6.04 Å². The fourth-order valence-electron chi connectivity index (χ4n) is 1.69. The van der Waals surface area contributed by atoms with Crippen LogP contribution in [0.15, 0.2) is 12.3 Å². The zero-order chi connectivity index (χ0) is 11.4. The first-order valence-corrected chi connectivity index (χ1v) is 5.57. The highest BCUT2D eigenvalue weighted by Gasteiger charge is 2.08. The van der Waals surface area contributed by atoms with Gasteiger partial charge in [-0.25, -0.2) is 4.98 Å². The first-order valence-electron chi connectivity index (χ1n) is 5.57. The van der Waals surface area contributed by atoms with Gasteiger partial charge in [-0.05, 0) is 44.9 Å². The first kappa shape index (κ1) is 12.0. The van der Waals surface area contributed by atoms with Gasteiger partial charge in [0.2, 0.25) is 0 Å². The molecule has 1 atom stereocenters. The molecule has 0 radical (unpaired) electrons. The molecule has 15 heavy (non-hydrogen) atoms. The van der Waals surface area contributed by atoms with E-state index in [4.69, 9.17) is 5.73 Å². The quantitative estimate of drug-likeness (QED) is 0.823. The van der Waals surface area contributed by atoms with Crippen LogP contribution in [-0.2, 0) is 0 Å². The molecular formula is C12H21N3. The van der Waals surface area contributed by atoms with E-state index in [1.807, 2.05) is 13.1 Å². The monoisotopic (exact) mass is 207 g/mol. The Bertz CT molecular complexity index is 317. The van der Waals surface area contributed by atoms with E-state index in [9.17, 15) is 0 Å². The fourth-order valence-corrected chi connectivity index (χ4v) is 1.69. The van der Waals surface area contributed by atoms with Gasteiger partial charge in [0.05, 0.1) is 0 Å². The molecule has 3 heteroatoms. The molecule has 0 saturated carbocycles. The second-order valence-corrected chi connectivity index (χ2v) is 3.87. The van der Waals surface area contributed by atoms with Crippen molar-refractivity contribution in [3.63, 3.8) is 0 Å². The van der Waals surface area contributed by atoms with E-state index in [1.54, 1.807) is 0 Å². The molecule has 1 rings (SSSR count). The normalized spacial score (nSPS) is 12.6. The van der Waals surface area contributed by atoms with Crippen LogP contribution in [0.1, 0.15) is 37.9 Å². The van der Waals surface area contributed by atoms with Crippen molar-refractivity contribution in [3.05, 3.63) is 23.4 Å². The summed E-state index contributed by atoms with van der Waals surface area (Å²) < 4.78 is 0. The molecule has 1 aromatic heterocycles. The Kier molecular flexibility index (Phi) is 4.09. The minimum absolute atomic E-state index is 0.0574. The van der Waals surface area contributed by atoms with Gasteiger partial charge in [-0.3, -0.25) is 0 Å². The first-order chi connectivity index (χ1) is 7.10. The van der Waals surface area contributed by atoms with E-state index in [0.29, 0.717) is 0 Å². The Morgan fingerprint density at radius 3 is 2.40 bits per heavy atom. The van der Waals surface area contributed by atoms with Crippen molar-refractivity contribution in [2.24, 2.45) is 5.73 Å². The zero-order valence-electron chi connectivity index (χ0n) is 10.1. The molecule has 3 nitrogen and oxygen atoms in total. The highest BCUT2D eigenvalue weighted by molar-refractivity contribution is 5.47. The molecule has 0 aromatic carbocycles. The lowest BCUT2D eigenvalue weighted by Gasteiger charge is -2.22. The van der Waals surface area contributed by atoms with E-state index in [2.05, 4.69) is 36.7 Å². The summed E-state index contributed by atoms with van der Waals surface area (Å²) in [5.41, 5.74) is 8.12. The van der Waals surface area contributed by atoms with Crippen LogP contribution >= 0.6 is 0 Å². The molecule has 1 unspecified atom stereocenters. The van der Waals surface area contributed by atoms with E-state index < -0.39 is 0 Å². The van der Waals surface area contributed by atoms with Crippen molar-refractivity contribution < 1.29 is 0 Å². The minimum atomic E-state index is 0.0574. The van der Waals surface area contributed by atoms with Crippen LogP contribution < -0.4 is 10.6 Å². The third-order valence-electron chi connectivity index (χ3n) is 2.66. The smallest absolute Gasteiger partial charge is 0.131 e. The number of hydrogen-bond donors (Lipinski definition) is 1. The average Bonchev–Trinajstić information content (AvgIpc) is 2.21. The lowest BCUT2D eigenvalue weighted by atomic mass is 10.1. The SMILES string of the molecule is CCN(CC)c1ncc(C(C)N)cc1C. The van der Waals surface area contributed by atoms with Crippen LogP contribution in [0.3, 0.4) is 0 Å². The van der Waals surface area contributed by atoms with Crippen LogP contribution in [-0.4, -0.2) is 18.1 Å². The van der Waals surface area contributed by atoms with Gasteiger partial charge in [-0.1, -0.05) is 0 Å². The molecule has 0 spiro atoms. The van der Waals surface area contributed by atoms with Gasteiger partial charge in [-0.15, -0.1) is 0 Å². The number of nitrogens with two attached hydrogens (primary N) is 1. The van der Waals surface area contributed by atoms with Crippen LogP contribution in [0, 0.1) is 6.92 Å². The molecule has 0 aliphatic heterocycles. The molecule has 0 saturated heterocycles. The van der Waals surface area contributed by atoms with Gasteiger partial charge in [0, 0.05) is 25.3 Å². The lowest BCUT2D eigenvalue weighted by molar-refractivity contribution is 0.797. The molecule has 0 aliphatic carbocycles. The van der Waals surface area contributed by atoms with Crippen molar-refractivity contribution in [1.82, 2.24) is 4.98 Å². The second-order valence-electron chi connectivity index (χ2n) is 3.87. The summed E-state index contributed by atoms with van der Waals surface area (Å²) in [7, 11) is 0. The van der Waals surface area contributed by atoms with Crippen LogP contribution in [0.5, 0.6) is 0 Å². The van der Waals surface area contributed by atoms with Crippen LogP contribution in [0.2, 0.25) is 0 Å². The summed E-state index contributed by atoms with van der Waals surface area (Å²) in [5, 5.41) is 0. The van der Waals surface area contributed by atoms with Gasteiger partial charge in [0.15, 0.2) is 0 Å². The third-order valence-corrected chi connectivity index (χ3v) is 2.66. The van der Waals surface area contributed by atoms with Crippen LogP contribution in [0.4, 0.5) is 5.82 Å². The number of aryl methyl sites for hydroxylation is 1. The molecule has 0 amide bonds. The number of pyridine rings is 1. The van der Waals surface area contributed by atoms with Crippen molar-refractivity contribution in [2.75, 3.05) is 18.0 Å². The maximum Gasteiger partial charge on any atom is 0.131 e. The second kappa shape index (κ2) is 5.12. The molecular weight excluding hydrogens is 186 g/mol. The largest absolute Gasteiger partial charge is 0.357 e. The lowest BCUT2D eigenvalue weighted by Crippen LogP contribution is -2.24. The summed E-state index contributed by atoms with van der Waals surface area (Å²) in [6.07, 6.45) is 1.88. The molecule has 1 aromatic rings. The van der Waals surface area contributed by atoms with Crippen LogP contribution in [0.25, 0.3) is 0 Å². The maximum absolute atomic E-state index is 5.82. The summed E-state index contributed by atoms with van der Waals surface area (Å²) in [6.45, 7) is 10.3. The summed E-state index contributed by atoms with van der Waals surface area (Å²) in [6, 6.07) is 2.19. The number of aromatic nitrogens is 1. The van der Waals surface area contributed by atoms with Gasteiger partial charge in [0.25, 0.3) is 0 Å². The van der Waals surface area contributed by atoms with E-state index in [1.165, 1.54) is 5.56 Å². The standard InChI is InChI=1S/C12H21N3/c1-5-15(6-2)12-9(3)7-11(8-14-12)10(4)13/h7-8,10H,5-6,13H2,1-4H3. The Morgan fingerprint density at radius 2 is 2.00 bits per heavy atom. The van der Waals surface area contributed by atoms with Gasteiger partial charge >= 0.3 is 0 Å². The molecule has 84 valence electrons. The Morgan fingerprint density at radius 1 is 1.40 bits per heavy atom. The number of hydrogen-bond acceptors (Lipinski definition) is 3. The molecule has 0 bridgehead atoms. The summed E-state index contributed by atoms with van der Waals surface area (Å²) in [4.78, 5) is 6.74. The van der Waals surface area contributed by atoms with Crippen molar-refractivity contribution in [3.8, 4) is 0 Å². The highest BCUT2D eigenvalue weighted by atomic mass is 15.2. The average molecular weight is 207 g/mol. The fraction of sp³-hybridized carbons (Fsp3) is 0.583. The van der Waals surface area contributed by atoms with Crippen molar-refractivity contribution in [1.29, 1.82) is 0 Å².